The van der Waals surface area contributed by atoms with Crippen LogP contribution in [0.25, 0.3) is 0 Å². The Morgan fingerprint density at radius 2 is 2.64 bits per heavy atom. The normalized spacial score (nSPS) is 30.4. The third-order valence-electron chi connectivity index (χ3n) is 1.89. The Morgan fingerprint density at radius 3 is 3.09 bits per heavy atom. The second kappa shape index (κ2) is 2.64. The summed E-state index contributed by atoms with van der Waals surface area (Å²) in [5.41, 5.74) is 0.734. The van der Waals surface area contributed by atoms with E-state index < -0.39 is 0 Å². The average molecular weight is 154 g/mol. The van der Waals surface area contributed by atoms with Crippen molar-refractivity contribution in [1.29, 1.82) is 0 Å². The molecule has 1 unspecified atom stereocenters. The summed E-state index contributed by atoms with van der Waals surface area (Å²) in [6.45, 7) is 2.32. The van der Waals surface area contributed by atoms with Crippen LogP contribution in [-0.4, -0.2) is 36.3 Å². The van der Waals surface area contributed by atoms with Crippen LogP contribution in [0.4, 0.5) is 0 Å². The maximum atomic E-state index is 10.8. The number of hydrogen-bond acceptors (Lipinski definition) is 3. The Labute approximate surface area is 64.7 Å². The predicted octanol–water partition coefficient (Wildman–Crippen LogP) is -0.547. The minimum absolute atomic E-state index is 0.0359. The van der Waals surface area contributed by atoms with Gasteiger partial charge in [0, 0.05) is 13.1 Å². The standard InChI is InChI=1S/C7H10N2O2/c10-9-3-1-6(9)7-5-8-2-4-11-7/h1,3,7-8H,2,4-5H2. The fraction of sp³-hybridized carbons (Fsp3) is 0.571. The van der Waals surface area contributed by atoms with E-state index in [0.717, 1.165) is 23.5 Å². The second-order valence-corrected chi connectivity index (χ2v) is 2.63. The molecule has 11 heavy (non-hydrogen) atoms. The summed E-state index contributed by atoms with van der Waals surface area (Å²) < 4.78 is 6.22. The van der Waals surface area contributed by atoms with E-state index >= 15 is 0 Å². The van der Waals surface area contributed by atoms with E-state index in [1.165, 1.54) is 6.20 Å². The van der Waals surface area contributed by atoms with E-state index in [-0.39, 0.29) is 6.10 Å². The molecule has 4 heteroatoms. The lowest BCUT2D eigenvalue weighted by atomic mass is 10.1. The molecule has 1 atom stereocenters. The van der Waals surface area contributed by atoms with E-state index in [1.807, 2.05) is 0 Å². The van der Waals surface area contributed by atoms with Crippen LogP contribution in [0.3, 0.4) is 0 Å². The number of hydroxylamine groups is 1. The second-order valence-electron chi connectivity index (χ2n) is 2.63. The van der Waals surface area contributed by atoms with Gasteiger partial charge in [0.2, 0.25) is 5.71 Å². The molecule has 1 N–H and O–H groups in total. The van der Waals surface area contributed by atoms with Crippen molar-refractivity contribution in [3.63, 3.8) is 0 Å². The van der Waals surface area contributed by atoms with Crippen molar-refractivity contribution in [3.8, 4) is 0 Å². The number of ether oxygens (including phenoxy) is 1. The molecule has 2 aliphatic heterocycles. The summed E-state index contributed by atoms with van der Waals surface area (Å²) in [5.74, 6) is 0. The van der Waals surface area contributed by atoms with Gasteiger partial charge < -0.3 is 15.3 Å². The van der Waals surface area contributed by atoms with E-state index in [1.54, 1.807) is 6.08 Å². The Bertz CT molecular complexity index is 216. The molecule has 0 saturated carbocycles. The molecule has 0 bridgehead atoms. The van der Waals surface area contributed by atoms with Gasteiger partial charge in [0.05, 0.1) is 12.7 Å². The van der Waals surface area contributed by atoms with Crippen LogP contribution < -0.4 is 5.32 Å². The molecule has 1 saturated heterocycles. The van der Waals surface area contributed by atoms with Gasteiger partial charge in [-0.1, -0.05) is 0 Å². The first-order valence-electron chi connectivity index (χ1n) is 3.71. The SMILES string of the molecule is [O-][N+]1=C(C2CNCCO2)C=C1. The highest BCUT2D eigenvalue weighted by Gasteiger charge is 2.27. The van der Waals surface area contributed by atoms with Crippen LogP contribution in [0.15, 0.2) is 12.3 Å². The molecule has 0 radical (unpaired) electrons. The van der Waals surface area contributed by atoms with E-state index in [2.05, 4.69) is 5.32 Å². The highest BCUT2D eigenvalue weighted by atomic mass is 16.5. The molecule has 2 aliphatic rings. The summed E-state index contributed by atoms with van der Waals surface area (Å²) in [4.78, 5) is 0. The molecule has 4 nitrogen and oxygen atoms in total. The van der Waals surface area contributed by atoms with Crippen molar-refractivity contribution in [1.82, 2.24) is 5.32 Å². The van der Waals surface area contributed by atoms with Crippen molar-refractivity contribution >= 4 is 5.71 Å². The lowest BCUT2D eigenvalue weighted by molar-refractivity contribution is -0.394. The molecular weight excluding hydrogens is 144 g/mol. The average Bonchev–Trinajstić information content (AvgIpc) is 2.04. The van der Waals surface area contributed by atoms with Crippen LogP contribution in [0.2, 0.25) is 0 Å². The number of hydrogen-bond donors (Lipinski definition) is 1. The molecule has 1 fully saturated rings. The van der Waals surface area contributed by atoms with Crippen molar-refractivity contribution in [3.05, 3.63) is 17.5 Å². The Hall–Kier alpha value is -0.870. The predicted molar refractivity (Wildman–Crippen MR) is 40.4 cm³/mol. The molecule has 0 aromatic carbocycles. The molecule has 60 valence electrons. The van der Waals surface area contributed by atoms with Crippen LogP contribution in [0.1, 0.15) is 0 Å². The first-order valence-corrected chi connectivity index (χ1v) is 3.71. The first kappa shape index (κ1) is 6.82. The van der Waals surface area contributed by atoms with Gasteiger partial charge in [-0.2, -0.15) is 4.74 Å². The molecule has 0 aromatic heterocycles. The summed E-state index contributed by atoms with van der Waals surface area (Å²) in [6, 6.07) is 0. The zero-order valence-corrected chi connectivity index (χ0v) is 6.12. The number of nitrogens with zero attached hydrogens (tertiary/aromatic N) is 1. The maximum absolute atomic E-state index is 10.8. The quantitative estimate of drug-likeness (QED) is 0.407. The zero-order chi connectivity index (χ0) is 7.68. The van der Waals surface area contributed by atoms with E-state index in [0.29, 0.717) is 6.61 Å². The number of nitrogens with one attached hydrogen (secondary N) is 1. The minimum atomic E-state index is -0.0359. The summed E-state index contributed by atoms with van der Waals surface area (Å²) >= 11 is 0. The molecule has 0 amide bonds. The lowest BCUT2D eigenvalue weighted by Gasteiger charge is -2.24. The number of morpholine rings is 1. The molecule has 0 spiro atoms. The zero-order valence-electron chi connectivity index (χ0n) is 6.12. The maximum Gasteiger partial charge on any atom is 0.229 e. The van der Waals surface area contributed by atoms with Gasteiger partial charge in [-0.15, -0.1) is 0 Å². The van der Waals surface area contributed by atoms with Gasteiger partial charge >= 0.3 is 0 Å². The Kier molecular flexibility index (Phi) is 1.63. The molecule has 2 heterocycles. The van der Waals surface area contributed by atoms with Crippen LogP contribution >= 0.6 is 0 Å². The topological polar surface area (TPSA) is 47.3 Å². The Balaban J connectivity index is 1.99. The summed E-state index contributed by atoms with van der Waals surface area (Å²) in [5, 5.41) is 14.0. The van der Waals surface area contributed by atoms with Crippen LogP contribution in [0, 0.1) is 5.21 Å². The lowest BCUT2D eigenvalue weighted by Crippen LogP contribution is -2.46. The summed E-state index contributed by atoms with van der Waals surface area (Å²) in [7, 11) is 0. The molecular formula is C7H10N2O2. The third-order valence-corrected chi connectivity index (χ3v) is 1.89. The van der Waals surface area contributed by atoms with Crippen molar-refractivity contribution < 1.29 is 9.48 Å². The minimum Gasteiger partial charge on any atom is -0.618 e. The molecule has 0 aliphatic carbocycles. The highest BCUT2D eigenvalue weighted by Crippen LogP contribution is 2.06. The fourth-order valence-electron chi connectivity index (χ4n) is 1.23. The van der Waals surface area contributed by atoms with Gasteiger partial charge in [-0.05, 0) is 0 Å². The van der Waals surface area contributed by atoms with Gasteiger partial charge in [0.25, 0.3) is 0 Å². The van der Waals surface area contributed by atoms with E-state index in [4.69, 9.17) is 4.74 Å². The highest BCUT2D eigenvalue weighted by molar-refractivity contribution is 5.97. The van der Waals surface area contributed by atoms with Crippen LogP contribution in [-0.2, 0) is 4.74 Å². The van der Waals surface area contributed by atoms with Gasteiger partial charge in [0.15, 0.2) is 12.3 Å². The molecule has 0 aromatic rings. The van der Waals surface area contributed by atoms with Gasteiger partial charge in [0.1, 0.15) is 0 Å². The van der Waals surface area contributed by atoms with Crippen molar-refractivity contribution in [2.45, 2.75) is 6.10 Å². The van der Waals surface area contributed by atoms with Gasteiger partial charge in [-0.25, -0.2) is 0 Å². The Morgan fingerprint density at radius 1 is 1.73 bits per heavy atom. The monoisotopic (exact) mass is 154 g/mol. The molecule has 2 rings (SSSR count). The summed E-state index contributed by atoms with van der Waals surface area (Å²) in [6.07, 6.45) is 3.25. The van der Waals surface area contributed by atoms with Crippen molar-refractivity contribution in [2.75, 3.05) is 19.7 Å². The largest absolute Gasteiger partial charge is 0.618 e. The smallest absolute Gasteiger partial charge is 0.229 e. The van der Waals surface area contributed by atoms with E-state index in [9.17, 15) is 5.21 Å². The number of rotatable bonds is 1. The first-order chi connectivity index (χ1) is 5.38. The van der Waals surface area contributed by atoms with Crippen molar-refractivity contribution in [2.24, 2.45) is 0 Å². The fourth-order valence-corrected chi connectivity index (χ4v) is 1.23. The van der Waals surface area contributed by atoms with Gasteiger partial charge in [-0.3, -0.25) is 0 Å². The third kappa shape index (κ3) is 1.15. The van der Waals surface area contributed by atoms with Crippen LogP contribution in [0.5, 0.6) is 0 Å².